The van der Waals surface area contributed by atoms with Crippen LogP contribution in [0.2, 0.25) is 0 Å². The lowest BCUT2D eigenvalue weighted by Gasteiger charge is -2.33. The summed E-state index contributed by atoms with van der Waals surface area (Å²) in [6.07, 6.45) is 2.56. The summed E-state index contributed by atoms with van der Waals surface area (Å²) in [7, 11) is 0. The molecule has 1 aromatic heterocycles. The van der Waals surface area contributed by atoms with Crippen LogP contribution in [0.25, 0.3) is 0 Å². The van der Waals surface area contributed by atoms with Crippen LogP contribution in [0.1, 0.15) is 20.8 Å². The number of carbonyl (C=O) groups is 2. The maximum atomic E-state index is 11.9. The molecule has 1 aromatic rings. The van der Waals surface area contributed by atoms with Gasteiger partial charge in [0.15, 0.2) is 0 Å². The zero-order valence-electron chi connectivity index (χ0n) is 12.8. The summed E-state index contributed by atoms with van der Waals surface area (Å²) < 4.78 is 0. The van der Waals surface area contributed by atoms with E-state index in [4.69, 9.17) is 0 Å². The number of pyridine rings is 1. The van der Waals surface area contributed by atoms with Gasteiger partial charge in [-0.2, -0.15) is 0 Å². The van der Waals surface area contributed by atoms with Crippen molar-refractivity contribution in [2.75, 3.05) is 36.4 Å². The van der Waals surface area contributed by atoms with E-state index in [0.29, 0.717) is 18.8 Å². The first kappa shape index (κ1) is 15.3. The second kappa shape index (κ2) is 6.11. The van der Waals surface area contributed by atoms with E-state index in [-0.39, 0.29) is 5.91 Å². The van der Waals surface area contributed by atoms with Crippen LogP contribution >= 0.6 is 0 Å². The van der Waals surface area contributed by atoms with Crippen LogP contribution < -0.4 is 10.2 Å². The zero-order chi connectivity index (χ0) is 15.5. The highest BCUT2D eigenvalue weighted by Crippen LogP contribution is 2.19. The monoisotopic (exact) mass is 290 g/mol. The highest BCUT2D eigenvalue weighted by atomic mass is 16.2. The summed E-state index contributed by atoms with van der Waals surface area (Å²) in [5.41, 5.74) is 0.273. The Kier molecular flexibility index (Phi) is 4.45. The summed E-state index contributed by atoms with van der Waals surface area (Å²) in [6.45, 7) is 8.60. The van der Waals surface area contributed by atoms with Crippen LogP contribution in [-0.4, -0.2) is 48.4 Å². The number of amides is 2. The topological polar surface area (TPSA) is 65.5 Å². The lowest BCUT2D eigenvalue weighted by Crippen LogP contribution is -2.46. The fourth-order valence-electron chi connectivity index (χ4n) is 2.02. The smallest absolute Gasteiger partial charge is 0.229 e. The first-order chi connectivity index (χ1) is 9.90. The Morgan fingerprint density at radius 1 is 1.24 bits per heavy atom. The fourth-order valence-corrected chi connectivity index (χ4v) is 2.02. The first-order valence-corrected chi connectivity index (χ1v) is 7.12. The molecule has 2 amide bonds. The fraction of sp³-hybridized carbons (Fsp3) is 0.533. The molecule has 2 rings (SSSR count). The molecule has 0 atom stereocenters. The number of nitrogens with one attached hydrogen (secondary N) is 1. The van der Waals surface area contributed by atoms with Gasteiger partial charge >= 0.3 is 0 Å². The van der Waals surface area contributed by atoms with Gasteiger partial charge in [-0.15, -0.1) is 0 Å². The van der Waals surface area contributed by atoms with Crippen molar-refractivity contribution in [3.8, 4) is 0 Å². The molecule has 0 spiro atoms. The van der Waals surface area contributed by atoms with Crippen LogP contribution in [-0.2, 0) is 9.59 Å². The molecule has 2 heterocycles. The number of hydrogen-bond acceptors (Lipinski definition) is 4. The molecule has 0 aliphatic carbocycles. The summed E-state index contributed by atoms with van der Waals surface area (Å²) in [6, 6.07) is 3.76. The van der Waals surface area contributed by atoms with Gasteiger partial charge in [0, 0.05) is 31.6 Å². The van der Waals surface area contributed by atoms with Crippen LogP contribution in [0, 0.1) is 5.41 Å². The van der Waals surface area contributed by atoms with Crippen molar-refractivity contribution in [1.29, 1.82) is 0 Å². The summed E-state index contributed by atoms with van der Waals surface area (Å²) in [5.74, 6) is 0.839. The quantitative estimate of drug-likeness (QED) is 0.853. The molecule has 114 valence electrons. The van der Waals surface area contributed by atoms with E-state index in [9.17, 15) is 9.59 Å². The lowest BCUT2D eigenvalue weighted by atomic mass is 9.96. The van der Waals surface area contributed by atoms with E-state index in [1.54, 1.807) is 11.1 Å². The second-order valence-corrected chi connectivity index (χ2v) is 6.24. The molecule has 6 heteroatoms. The lowest BCUT2D eigenvalue weighted by molar-refractivity contribution is -0.123. The minimum atomic E-state index is -0.427. The van der Waals surface area contributed by atoms with Gasteiger partial charge in [-0.05, 0) is 12.1 Å². The largest absolute Gasteiger partial charge is 0.353 e. The minimum Gasteiger partial charge on any atom is -0.353 e. The van der Waals surface area contributed by atoms with E-state index in [1.165, 1.54) is 0 Å². The Balaban J connectivity index is 1.96. The molecular weight excluding hydrogens is 268 g/mol. The SMILES string of the molecule is CC(C)(C)C(=O)Nc1ccc(N2CCN(C=O)CC2)nc1. The zero-order valence-corrected chi connectivity index (χ0v) is 12.8. The van der Waals surface area contributed by atoms with E-state index >= 15 is 0 Å². The van der Waals surface area contributed by atoms with E-state index in [2.05, 4.69) is 15.2 Å². The Labute approximate surface area is 125 Å². The number of rotatable bonds is 3. The maximum absolute atomic E-state index is 11.9. The van der Waals surface area contributed by atoms with E-state index < -0.39 is 5.41 Å². The molecule has 1 fully saturated rings. The number of hydrogen-bond donors (Lipinski definition) is 1. The molecular formula is C15H22N4O2. The average molecular weight is 290 g/mol. The molecule has 0 saturated carbocycles. The van der Waals surface area contributed by atoms with Gasteiger partial charge in [0.25, 0.3) is 0 Å². The third-order valence-electron chi connectivity index (χ3n) is 3.47. The number of aromatic nitrogens is 1. The number of anilines is 2. The van der Waals surface area contributed by atoms with Crippen LogP contribution in [0.5, 0.6) is 0 Å². The molecule has 1 N–H and O–H groups in total. The summed E-state index contributed by atoms with van der Waals surface area (Å²) in [4.78, 5) is 30.9. The minimum absolute atomic E-state index is 0.0309. The van der Waals surface area contributed by atoms with Gasteiger partial charge in [-0.1, -0.05) is 20.8 Å². The van der Waals surface area contributed by atoms with E-state index in [1.807, 2.05) is 32.9 Å². The van der Waals surface area contributed by atoms with Gasteiger partial charge in [0.05, 0.1) is 11.9 Å². The van der Waals surface area contributed by atoms with Crippen molar-refractivity contribution in [3.63, 3.8) is 0 Å². The van der Waals surface area contributed by atoms with Crippen molar-refractivity contribution in [2.45, 2.75) is 20.8 Å². The number of carbonyl (C=O) groups excluding carboxylic acids is 2. The predicted molar refractivity (Wildman–Crippen MR) is 82.2 cm³/mol. The molecule has 0 bridgehead atoms. The van der Waals surface area contributed by atoms with Gasteiger partial charge in [0.1, 0.15) is 5.82 Å². The van der Waals surface area contributed by atoms with Crippen molar-refractivity contribution in [2.24, 2.45) is 5.41 Å². The van der Waals surface area contributed by atoms with Crippen molar-refractivity contribution in [3.05, 3.63) is 18.3 Å². The van der Waals surface area contributed by atoms with Crippen molar-refractivity contribution >= 4 is 23.8 Å². The molecule has 1 aliphatic heterocycles. The highest BCUT2D eigenvalue weighted by molar-refractivity contribution is 5.94. The normalized spacial score (nSPS) is 15.8. The van der Waals surface area contributed by atoms with Gasteiger partial charge in [-0.25, -0.2) is 4.98 Å². The summed E-state index contributed by atoms with van der Waals surface area (Å²) >= 11 is 0. The Hall–Kier alpha value is -2.11. The first-order valence-electron chi connectivity index (χ1n) is 7.12. The van der Waals surface area contributed by atoms with Crippen LogP contribution in [0.15, 0.2) is 18.3 Å². The maximum Gasteiger partial charge on any atom is 0.229 e. The second-order valence-electron chi connectivity index (χ2n) is 6.24. The van der Waals surface area contributed by atoms with Crippen LogP contribution in [0.4, 0.5) is 11.5 Å². The predicted octanol–water partition coefficient (Wildman–Crippen LogP) is 1.34. The summed E-state index contributed by atoms with van der Waals surface area (Å²) in [5, 5.41) is 2.85. The van der Waals surface area contributed by atoms with Crippen molar-refractivity contribution < 1.29 is 9.59 Å². The van der Waals surface area contributed by atoms with Crippen molar-refractivity contribution in [1.82, 2.24) is 9.88 Å². The van der Waals surface area contributed by atoms with Crippen LogP contribution in [0.3, 0.4) is 0 Å². The average Bonchev–Trinajstić information content (AvgIpc) is 2.47. The standard InChI is InChI=1S/C15H22N4O2/c1-15(2,3)14(21)17-12-4-5-13(16-10-12)19-8-6-18(11-20)7-9-19/h4-5,10-11H,6-9H2,1-3H3,(H,17,21). The van der Waals surface area contributed by atoms with Gasteiger partial charge < -0.3 is 15.1 Å². The molecule has 1 aliphatic rings. The number of nitrogens with zero attached hydrogens (tertiary/aromatic N) is 3. The Morgan fingerprint density at radius 3 is 2.38 bits per heavy atom. The van der Waals surface area contributed by atoms with E-state index in [0.717, 1.165) is 25.3 Å². The highest BCUT2D eigenvalue weighted by Gasteiger charge is 2.21. The van der Waals surface area contributed by atoms with Gasteiger partial charge in [-0.3, -0.25) is 9.59 Å². The Bertz CT molecular complexity index is 499. The van der Waals surface area contributed by atoms with Gasteiger partial charge in [0.2, 0.25) is 12.3 Å². The molecule has 0 radical (unpaired) electrons. The molecule has 0 aromatic carbocycles. The molecule has 21 heavy (non-hydrogen) atoms. The molecule has 1 saturated heterocycles. The third-order valence-corrected chi connectivity index (χ3v) is 3.47. The Morgan fingerprint density at radius 2 is 1.90 bits per heavy atom. The molecule has 6 nitrogen and oxygen atoms in total. The molecule has 0 unspecified atom stereocenters. The third kappa shape index (κ3) is 3.93. The number of piperazine rings is 1.